The Morgan fingerprint density at radius 2 is 1.87 bits per heavy atom. The highest BCUT2D eigenvalue weighted by Crippen LogP contribution is 2.39. The molecule has 1 amide bonds. The van der Waals surface area contributed by atoms with E-state index in [0.29, 0.717) is 18.7 Å². The molecule has 9 heteroatoms. The molecule has 1 aromatic heterocycles. The van der Waals surface area contributed by atoms with Crippen LogP contribution in [-0.4, -0.2) is 38.7 Å². The number of esters is 1. The summed E-state index contributed by atoms with van der Waals surface area (Å²) in [5, 5.41) is 12.2. The van der Waals surface area contributed by atoms with Gasteiger partial charge in [0.1, 0.15) is 0 Å². The van der Waals surface area contributed by atoms with Crippen molar-refractivity contribution in [1.82, 2.24) is 9.55 Å². The molecule has 1 saturated heterocycles. The second kappa shape index (κ2) is 11.8. The van der Waals surface area contributed by atoms with E-state index in [2.05, 4.69) is 14.9 Å². The third-order valence-electron chi connectivity index (χ3n) is 6.68. The number of aliphatic hydroxyl groups is 1. The average Bonchev–Trinajstić information content (AvgIpc) is 3.35. The lowest BCUT2D eigenvalue weighted by Crippen LogP contribution is -2.32. The topological polar surface area (TPSA) is 112 Å². The van der Waals surface area contributed by atoms with E-state index in [-0.39, 0.29) is 18.8 Å². The summed E-state index contributed by atoms with van der Waals surface area (Å²) in [6, 6.07) is 22.9. The molecule has 0 unspecified atom stereocenters. The summed E-state index contributed by atoms with van der Waals surface area (Å²) in [5.41, 5.74) is 5.04. The van der Waals surface area contributed by atoms with Crippen molar-refractivity contribution in [3.05, 3.63) is 95.8 Å². The lowest BCUT2D eigenvalue weighted by Gasteiger charge is -2.36. The first-order chi connectivity index (χ1) is 18.9. The van der Waals surface area contributed by atoms with E-state index >= 15 is 0 Å². The largest absolute Gasteiger partial charge is 0.453 e. The van der Waals surface area contributed by atoms with Crippen molar-refractivity contribution in [2.24, 2.45) is 0 Å². The highest BCUT2D eigenvalue weighted by molar-refractivity contribution is 5.95. The third kappa shape index (κ3) is 6.34. The maximum Gasteiger partial charge on any atom is 0.303 e. The van der Waals surface area contributed by atoms with Crippen LogP contribution in [0.25, 0.3) is 11.0 Å². The van der Waals surface area contributed by atoms with Gasteiger partial charge in [-0.15, -0.1) is 0 Å². The molecule has 5 rings (SSSR count). The Morgan fingerprint density at radius 3 is 2.64 bits per heavy atom. The fourth-order valence-corrected chi connectivity index (χ4v) is 4.72. The monoisotopic (exact) mass is 529 g/mol. The van der Waals surface area contributed by atoms with Crippen molar-refractivity contribution < 1.29 is 28.9 Å². The summed E-state index contributed by atoms with van der Waals surface area (Å²) >= 11 is 0. The van der Waals surface area contributed by atoms with Crippen molar-refractivity contribution in [3.63, 3.8) is 0 Å². The van der Waals surface area contributed by atoms with Crippen LogP contribution >= 0.6 is 0 Å². The smallest absolute Gasteiger partial charge is 0.303 e. The molecule has 1 aliphatic rings. The van der Waals surface area contributed by atoms with E-state index in [4.69, 9.17) is 14.2 Å². The van der Waals surface area contributed by atoms with Gasteiger partial charge in [0.2, 0.25) is 0 Å². The number of amides is 1. The van der Waals surface area contributed by atoms with Crippen LogP contribution in [0.1, 0.15) is 49.4 Å². The summed E-state index contributed by atoms with van der Waals surface area (Å²) in [5.74, 6) is -0.954. The van der Waals surface area contributed by atoms with Crippen molar-refractivity contribution in [1.29, 1.82) is 0 Å². The number of imidazole rings is 1. The van der Waals surface area contributed by atoms with Gasteiger partial charge in [0.05, 0.1) is 42.7 Å². The van der Waals surface area contributed by atoms with Gasteiger partial charge in [0, 0.05) is 24.6 Å². The molecule has 0 bridgehead atoms. The molecule has 0 radical (unpaired) electrons. The first-order valence-corrected chi connectivity index (χ1v) is 12.9. The minimum atomic E-state index is -0.922. The standard InChI is InChI=1S/C30H31N3O6/c1-19(37-20(2)35)29(36)32-24-7-5-6-23(14-24)30-38-25(16-33-18-31-26-8-3-4-9-27(26)33)15-28(39-30)22-12-10-21(17-34)11-13-22/h3-14,18-19,25,28,30,34H,15-17H2,1-2H3,(H,32,36)/t19-,25-,28+,30+/m0/s1. The molecular formula is C30H31N3O6. The Morgan fingerprint density at radius 1 is 1.08 bits per heavy atom. The van der Waals surface area contributed by atoms with Crippen molar-refractivity contribution in [2.45, 2.75) is 58.0 Å². The number of aromatic nitrogens is 2. The number of anilines is 1. The Hall–Kier alpha value is -4.05. The molecular weight excluding hydrogens is 498 g/mol. The van der Waals surface area contributed by atoms with Crippen LogP contribution in [0.15, 0.2) is 79.1 Å². The molecule has 202 valence electrons. The molecule has 0 saturated carbocycles. The maximum atomic E-state index is 12.5. The number of fused-ring (bicyclic) bond motifs is 1. The lowest BCUT2D eigenvalue weighted by atomic mass is 10.00. The second-order valence-corrected chi connectivity index (χ2v) is 9.60. The van der Waals surface area contributed by atoms with Gasteiger partial charge in [-0.05, 0) is 42.3 Å². The van der Waals surface area contributed by atoms with Crippen LogP contribution in [-0.2, 0) is 37.0 Å². The summed E-state index contributed by atoms with van der Waals surface area (Å²) in [7, 11) is 0. The van der Waals surface area contributed by atoms with Crippen LogP contribution < -0.4 is 5.32 Å². The summed E-state index contributed by atoms with van der Waals surface area (Å²) in [6.45, 7) is 3.34. The Balaban J connectivity index is 1.39. The Labute approximate surface area is 226 Å². The van der Waals surface area contributed by atoms with E-state index < -0.39 is 24.3 Å². The first kappa shape index (κ1) is 26.6. The van der Waals surface area contributed by atoms with E-state index in [1.165, 1.54) is 13.8 Å². The van der Waals surface area contributed by atoms with Crippen molar-refractivity contribution in [2.75, 3.05) is 5.32 Å². The number of nitrogens with one attached hydrogen (secondary N) is 1. The predicted octanol–water partition coefficient (Wildman–Crippen LogP) is 4.66. The predicted molar refractivity (Wildman–Crippen MR) is 144 cm³/mol. The second-order valence-electron chi connectivity index (χ2n) is 9.60. The van der Waals surface area contributed by atoms with E-state index in [0.717, 1.165) is 27.7 Å². The van der Waals surface area contributed by atoms with Gasteiger partial charge in [0.25, 0.3) is 5.91 Å². The summed E-state index contributed by atoms with van der Waals surface area (Å²) in [4.78, 5) is 28.2. The fraction of sp³-hybridized carbons (Fsp3) is 0.300. The molecule has 0 aliphatic carbocycles. The number of rotatable bonds is 8. The Kier molecular flexibility index (Phi) is 8.02. The third-order valence-corrected chi connectivity index (χ3v) is 6.68. The minimum Gasteiger partial charge on any atom is -0.453 e. The number of hydrogen-bond donors (Lipinski definition) is 2. The summed E-state index contributed by atoms with van der Waals surface area (Å²) < 4.78 is 20.0. The molecule has 39 heavy (non-hydrogen) atoms. The zero-order chi connectivity index (χ0) is 27.4. The van der Waals surface area contributed by atoms with E-state index in [1.807, 2.05) is 67.0 Å². The minimum absolute atomic E-state index is 0.0253. The zero-order valence-corrected chi connectivity index (χ0v) is 21.8. The molecule has 4 atom stereocenters. The van der Waals surface area contributed by atoms with Gasteiger partial charge in [-0.2, -0.15) is 0 Å². The number of para-hydroxylation sites is 2. The molecule has 2 heterocycles. The van der Waals surface area contributed by atoms with Gasteiger partial charge in [-0.1, -0.05) is 48.5 Å². The molecule has 1 aliphatic heterocycles. The molecule has 2 N–H and O–H groups in total. The number of nitrogens with zero attached hydrogens (tertiary/aromatic N) is 2. The van der Waals surface area contributed by atoms with Crippen LogP contribution in [0.4, 0.5) is 5.69 Å². The van der Waals surface area contributed by atoms with Crippen LogP contribution in [0.5, 0.6) is 0 Å². The highest BCUT2D eigenvalue weighted by atomic mass is 16.7. The molecule has 1 fully saturated rings. The number of hydrogen-bond acceptors (Lipinski definition) is 7. The molecule has 0 spiro atoms. The van der Waals surface area contributed by atoms with Gasteiger partial charge in [0.15, 0.2) is 12.4 Å². The normalized spacial score (nSPS) is 19.9. The van der Waals surface area contributed by atoms with Gasteiger partial charge in [-0.3, -0.25) is 9.59 Å². The van der Waals surface area contributed by atoms with Crippen LogP contribution in [0, 0.1) is 0 Å². The van der Waals surface area contributed by atoms with Crippen LogP contribution in [0.2, 0.25) is 0 Å². The van der Waals surface area contributed by atoms with Crippen molar-refractivity contribution >= 4 is 28.6 Å². The Bertz CT molecular complexity index is 1450. The van der Waals surface area contributed by atoms with Gasteiger partial charge in [-0.25, -0.2) is 4.98 Å². The van der Waals surface area contributed by atoms with Crippen LogP contribution in [0.3, 0.4) is 0 Å². The van der Waals surface area contributed by atoms with Gasteiger partial charge < -0.3 is 29.2 Å². The SMILES string of the molecule is CC(=O)O[C@@H](C)C(=O)Nc1cccc([C@@H]2O[C@H](Cn3cnc4ccccc43)C[C@H](c3ccc(CO)cc3)O2)c1. The molecule has 3 aromatic carbocycles. The number of carbonyl (C=O) groups is 2. The maximum absolute atomic E-state index is 12.5. The first-order valence-electron chi connectivity index (χ1n) is 12.9. The number of aliphatic hydroxyl groups excluding tert-OH is 1. The number of carbonyl (C=O) groups excluding carboxylic acids is 2. The molecule has 4 aromatic rings. The van der Waals surface area contributed by atoms with Crippen molar-refractivity contribution in [3.8, 4) is 0 Å². The lowest BCUT2D eigenvalue weighted by molar-refractivity contribution is -0.252. The zero-order valence-electron chi connectivity index (χ0n) is 21.8. The van der Waals surface area contributed by atoms with E-state index in [9.17, 15) is 14.7 Å². The van der Waals surface area contributed by atoms with E-state index in [1.54, 1.807) is 12.1 Å². The quantitative estimate of drug-likeness (QED) is 0.319. The summed E-state index contributed by atoms with van der Waals surface area (Å²) in [6.07, 6.45) is 0.393. The highest BCUT2D eigenvalue weighted by Gasteiger charge is 2.33. The fourth-order valence-electron chi connectivity index (χ4n) is 4.72. The van der Waals surface area contributed by atoms with Gasteiger partial charge >= 0.3 is 5.97 Å². The molecule has 9 nitrogen and oxygen atoms in total. The average molecular weight is 530 g/mol. The number of ether oxygens (including phenoxy) is 3. The number of benzene rings is 3.